The zero-order chi connectivity index (χ0) is 15.4. The van der Waals surface area contributed by atoms with E-state index in [0.717, 1.165) is 0 Å². The molecule has 2 aromatic heterocycles. The maximum Gasteiger partial charge on any atom is 0.321 e. The summed E-state index contributed by atoms with van der Waals surface area (Å²) in [6.07, 6.45) is 1.83. The molecule has 0 aromatic carbocycles. The second-order valence-corrected chi connectivity index (χ2v) is 6.10. The van der Waals surface area contributed by atoms with E-state index in [1.54, 1.807) is 11.3 Å². The molecule has 21 heavy (non-hydrogen) atoms. The number of nitrogens with one attached hydrogen (secondary N) is 2. The Bertz CT molecular complexity index is 655. The first kappa shape index (κ1) is 15.3. The lowest BCUT2D eigenvalue weighted by atomic mass is 10.4. The summed E-state index contributed by atoms with van der Waals surface area (Å²) in [5.41, 5.74) is 0.713. The van der Waals surface area contributed by atoms with E-state index in [9.17, 15) is 9.59 Å². The second-order valence-electron chi connectivity index (χ2n) is 4.79. The van der Waals surface area contributed by atoms with Gasteiger partial charge in [-0.25, -0.2) is 4.79 Å². The third kappa shape index (κ3) is 3.94. The number of imide groups is 1. The van der Waals surface area contributed by atoms with E-state index >= 15 is 0 Å². The van der Waals surface area contributed by atoms with Gasteiger partial charge in [-0.15, -0.1) is 10.2 Å². The molecule has 2 aromatic rings. The van der Waals surface area contributed by atoms with E-state index < -0.39 is 11.3 Å². The first-order chi connectivity index (χ1) is 9.97. The first-order valence-corrected chi connectivity index (χ1v) is 7.43. The highest BCUT2D eigenvalue weighted by atomic mass is 32.2. The van der Waals surface area contributed by atoms with Gasteiger partial charge in [0.2, 0.25) is 5.91 Å². The molecule has 0 spiro atoms. The van der Waals surface area contributed by atoms with Crippen molar-refractivity contribution in [3.05, 3.63) is 24.4 Å². The molecule has 1 atom stereocenters. The number of urea groups is 1. The lowest BCUT2D eigenvalue weighted by molar-refractivity contribution is -0.119. The highest BCUT2D eigenvalue weighted by molar-refractivity contribution is 8.00. The molecule has 0 aliphatic rings. The van der Waals surface area contributed by atoms with Crippen molar-refractivity contribution in [2.75, 3.05) is 0 Å². The third-order valence-electron chi connectivity index (χ3n) is 2.59. The van der Waals surface area contributed by atoms with Crippen molar-refractivity contribution in [3.63, 3.8) is 0 Å². The number of thioether (sulfide) groups is 1. The number of hydrogen-bond acceptors (Lipinski definition) is 5. The number of carbonyl (C=O) groups excluding carboxylic acids is 2. The van der Waals surface area contributed by atoms with Gasteiger partial charge in [0.25, 0.3) is 0 Å². The molecule has 0 fully saturated rings. The van der Waals surface area contributed by atoms with Crippen molar-refractivity contribution in [1.29, 1.82) is 0 Å². The molecule has 3 amide bonds. The molecule has 2 N–H and O–H groups in total. The molecular formula is C13H17N5O2S. The summed E-state index contributed by atoms with van der Waals surface area (Å²) in [7, 11) is 0. The van der Waals surface area contributed by atoms with Gasteiger partial charge in [0.05, 0.1) is 5.25 Å². The molecule has 0 aliphatic carbocycles. The lowest BCUT2D eigenvalue weighted by Crippen LogP contribution is -2.45. The Labute approximate surface area is 126 Å². The maximum atomic E-state index is 11.9. The zero-order valence-corrected chi connectivity index (χ0v) is 12.8. The van der Waals surface area contributed by atoms with Crippen molar-refractivity contribution >= 4 is 29.3 Å². The SMILES string of the molecule is CC(C)NC(=O)NC(=O)[C@H](C)Sc1nnc2ccccn12. The van der Waals surface area contributed by atoms with Crippen LogP contribution in [0.3, 0.4) is 0 Å². The van der Waals surface area contributed by atoms with Crippen LogP contribution in [0.1, 0.15) is 20.8 Å². The van der Waals surface area contributed by atoms with E-state index in [0.29, 0.717) is 10.8 Å². The topological polar surface area (TPSA) is 88.4 Å². The van der Waals surface area contributed by atoms with Gasteiger partial charge in [0.1, 0.15) is 0 Å². The first-order valence-electron chi connectivity index (χ1n) is 6.55. The van der Waals surface area contributed by atoms with Crippen LogP contribution in [-0.4, -0.2) is 37.8 Å². The minimum Gasteiger partial charge on any atom is -0.336 e. The fraction of sp³-hybridized carbons (Fsp3) is 0.385. The number of carbonyl (C=O) groups is 2. The Morgan fingerprint density at radius 2 is 2.00 bits per heavy atom. The normalized spacial score (nSPS) is 12.4. The van der Waals surface area contributed by atoms with E-state index in [2.05, 4.69) is 20.8 Å². The number of pyridine rings is 1. The Kier molecular flexibility index (Phi) is 4.79. The summed E-state index contributed by atoms with van der Waals surface area (Å²) in [5.74, 6) is -0.370. The van der Waals surface area contributed by atoms with Crippen LogP contribution in [0.15, 0.2) is 29.6 Å². The highest BCUT2D eigenvalue weighted by Crippen LogP contribution is 2.21. The van der Waals surface area contributed by atoms with Gasteiger partial charge in [0, 0.05) is 12.2 Å². The average molecular weight is 307 g/mol. The molecule has 0 unspecified atom stereocenters. The van der Waals surface area contributed by atoms with Crippen LogP contribution in [0.2, 0.25) is 0 Å². The molecule has 2 rings (SSSR count). The predicted molar refractivity (Wildman–Crippen MR) is 80.1 cm³/mol. The summed E-state index contributed by atoms with van der Waals surface area (Å²) in [4.78, 5) is 23.4. The molecule has 112 valence electrons. The van der Waals surface area contributed by atoms with Crippen molar-refractivity contribution in [3.8, 4) is 0 Å². The molecule has 7 nitrogen and oxygen atoms in total. The largest absolute Gasteiger partial charge is 0.336 e. The van der Waals surface area contributed by atoms with Crippen LogP contribution in [0.4, 0.5) is 4.79 Å². The van der Waals surface area contributed by atoms with Crippen LogP contribution < -0.4 is 10.6 Å². The Hall–Kier alpha value is -2.09. The van der Waals surface area contributed by atoms with Crippen LogP contribution in [0.5, 0.6) is 0 Å². The molecular weight excluding hydrogens is 290 g/mol. The summed E-state index contributed by atoms with van der Waals surface area (Å²) in [5, 5.41) is 13.1. The van der Waals surface area contributed by atoms with E-state index in [4.69, 9.17) is 0 Å². The lowest BCUT2D eigenvalue weighted by Gasteiger charge is -2.12. The number of fused-ring (bicyclic) bond motifs is 1. The van der Waals surface area contributed by atoms with Gasteiger partial charge in [0.15, 0.2) is 10.8 Å². The molecule has 0 aliphatic heterocycles. The third-order valence-corrected chi connectivity index (χ3v) is 3.65. The fourth-order valence-electron chi connectivity index (χ4n) is 1.62. The highest BCUT2D eigenvalue weighted by Gasteiger charge is 2.19. The summed E-state index contributed by atoms with van der Waals surface area (Å²) < 4.78 is 1.79. The number of aromatic nitrogens is 3. The van der Waals surface area contributed by atoms with Gasteiger partial charge < -0.3 is 5.32 Å². The standard InChI is InChI=1S/C13H17N5O2S/c1-8(2)14-12(20)15-11(19)9(3)21-13-17-16-10-6-4-5-7-18(10)13/h4-9H,1-3H3,(H2,14,15,19,20)/t9-/m0/s1. The van der Waals surface area contributed by atoms with Crippen molar-refractivity contribution in [2.45, 2.75) is 37.2 Å². The molecule has 2 heterocycles. The summed E-state index contributed by atoms with van der Waals surface area (Å²) >= 11 is 1.25. The maximum absolute atomic E-state index is 11.9. The molecule has 0 bridgehead atoms. The molecule has 0 saturated heterocycles. The fourth-order valence-corrected chi connectivity index (χ4v) is 2.46. The number of hydrogen-bond donors (Lipinski definition) is 2. The van der Waals surface area contributed by atoms with E-state index in [1.807, 2.05) is 38.2 Å². The van der Waals surface area contributed by atoms with Gasteiger partial charge in [-0.3, -0.25) is 14.5 Å². The Balaban J connectivity index is 1.99. The van der Waals surface area contributed by atoms with E-state index in [-0.39, 0.29) is 11.9 Å². The number of nitrogens with zero attached hydrogens (tertiary/aromatic N) is 3. The molecule has 0 radical (unpaired) electrons. The quantitative estimate of drug-likeness (QED) is 0.835. The number of amides is 3. The predicted octanol–water partition coefficient (Wildman–Crippen LogP) is 1.44. The molecule has 0 saturated carbocycles. The van der Waals surface area contributed by atoms with Crippen LogP contribution in [0.25, 0.3) is 5.65 Å². The van der Waals surface area contributed by atoms with Gasteiger partial charge in [-0.1, -0.05) is 17.8 Å². The summed E-state index contributed by atoms with van der Waals surface area (Å²) in [6.45, 7) is 5.36. The minimum absolute atomic E-state index is 0.0267. The van der Waals surface area contributed by atoms with Crippen molar-refractivity contribution in [1.82, 2.24) is 25.2 Å². The Morgan fingerprint density at radius 1 is 1.24 bits per heavy atom. The van der Waals surface area contributed by atoms with Crippen molar-refractivity contribution in [2.24, 2.45) is 0 Å². The smallest absolute Gasteiger partial charge is 0.321 e. The summed E-state index contributed by atoms with van der Waals surface area (Å²) in [6, 6.07) is 5.04. The zero-order valence-electron chi connectivity index (χ0n) is 12.0. The van der Waals surface area contributed by atoms with Crippen LogP contribution in [-0.2, 0) is 4.79 Å². The van der Waals surface area contributed by atoms with Crippen molar-refractivity contribution < 1.29 is 9.59 Å². The minimum atomic E-state index is -0.492. The van der Waals surface area contributed by atoms with Gasteiger partial charge in [-0.05, 0) is 32.9 Å². The van der Waals surface area contributed by atoms with Gasteiger partial charge >= 0.3 is 6.03 Å². The Morgan fingerprint density at radius 3 is 2.71 bits per heavy atom. The van der Waals surface area contributed by atoms with Crippen LogP contribution >= 0.6 is 11.8 Å². The monoisotopic (exact) mass is 307 g/mol. The van der Waals surface area contributed by atoms with Gasteiger partial charge in [-0.2, -0.15) is 0 Å². The van der Waals surface area contributed by atoms with Crippen LogP contribution in [0, 0.1) is 0 Å². The number of rotatable bonds is 4. The molecule has 8 heteroatoms. The average Bonchev–Trinajstić information content (AvgIpc) is 2.81. The van der Waals surface area contributed by atoms with E-state index in [1.165, 1.54) is 11.8 Å². The second kappa shape index (κ2) is 6.57.